The van der Waals surface area contributed by atoms with Gasteiger partial charge in [-0.2, -0.15) is 0 Å². The van der Waals surface area contributed by atoms with Crippen LogP contribution in [-0.4, -0.2) is 12.5 Å². The van der Waals surface area contributed by atoms with Gasteiger partial charge in [-0.1, -0.05) is 11.6 Å². The van der Waals surface area contributed by atoms with Crippen LogP contribution in [0.15, 0.2) is 36.4 Å². The van der Waals surface area contributed by atoms with Crippen LogP contribution in [0.25, 0.3) is 0 Å². The number of benzene rings is 2. The first-order valence-electron chi connectivity index (χ1n) is 6.92. The second kappa shape index (κ2) is 6.39. The van der Waals surface area contributed by atoms with E-state index < -0.39 is 0 Å². The molecule has 0 unspecified atom stereocenters. The third-order valence-corrected chi connectivity index (χ3v) is 3.09. The van der Waals surface area contributed by atoms with Crippen LogP contribution < -0.4 is 10.6 Å². The molecule has 2 N–H and O–H groups in total. The molecule has 0 saturated heterocycles. The molecule has 1 amide bonds. The Morgan fingerprint density at radius 2 is 1.86 bits per heavy atom. The van der Waals surface area contributed by atoms with Gasteiger partial charge in [-0.05, 0) is 56.7 Å². The van der Waals surface area contributed by atoms with Crippen molar-refractivity contribution in [2.24, 2.45) is 0 Å². The molecule has 0 saturated carbocycles. The van der Waals surface area contributed by atoms with Crippen molar-refractivity contribution in [2.45, 2.75) is 20.8 Å². The van der Waals surface area contributed by atoms with Crippen LogP contribution >= 0.6 is 0 Å². The van der Waals surface area contributed by atoms with Crippen molar-refractivity contribution in [1.82, 2.24) is 0 Å². The Labute approximate surface area is 124 Å². The van der Waals surface area contributed by atoms with Crippen LogP contribution in [0.1, 0.15) is 28.4 Å². The smallest absolute Gasteiger partial charge is 0.257 e. The molecule has 0 atom stereocenters. The number of halogens is 1. The Kier molecular flexibility index (Phi) is 4.58. The van der Waals surface area contributed by atoms with Gasteiger partial charge < -0.3 is 10.6 Å². The van der Waals surface area contributed by atoms with E-state index >= 15 is 0 Å². The Hall–Kier alpha value is -2.36. The third kappa shape index (κ3) is 3.81. The first-order chi connectivity index (χ1) is 9.99. The summed E-state index contributed by atoms with van der Waals surface area (Å²) in [5, 5.41) is 5.90. The molecule has 0 radical (unpaired) electrons. The van der Waals surface area contributed by atoms with E-state index in [-0.39, 0.29) is 11.7 Å². The zero-order valence-corrected chi connectivity index (χ0v) is 12.5. The van der Waals surface area contributed by atoms with Gasteiger partial charge in [0.05, 0.1) is 5.56 Å². The molecule has 4 heteroatoms. The van der Waals surface area contributed by atoms with E-state index in [1.165, 1.54) is 12.1 Å². The third-order valence-electron chi connectivity index (χ3n) is 3.09. The first kappa shape index (κ1) is 15.0. The van der Waals surface area contributed by atoms with Crippen LogP contribution in [0, 0.1) is 19.7 Å². The van der Waals surface area contributed by atoms with E-state index in [2.05, 4.69) is 10.6 Å². The van der Waals surface area contributed by atoms with Crippen molar-refractivity contribution in [3.63, 3.8) is 0 Å². The molecule has 2 aromatic carbocycles. The highest BCUT2D eigenvalue weighted by atomic mass is 19.1. The Morgan fingerprint density at radius 1 is 1.10 bits per heavy atom. The molecular weight excluding hydrogens is 267 g/mol. The fourth-order valence-corrected chi connectivity index (χ4v) is 2.20. The lowest BCUT2D eigenvalue weighted by Gasteiger charge is -2.12. The van der Waals surface area contributed by atoms with Crippen molar-refractivity contribution in [2.75, 3.05) is 17.2 Å². The van der Waals surface area contributed by atoms with E-state index in [1.807, 2.05) is 32.0 Å². The van der Waals surface area contributed by atoms with Crippen LogP contribution in [0.4, 0.5) is 15.8 Å². The Bertz CT molecular complexity index is 648. The molecule has 0 spiro atoms. The maximum absolute atomic E-state index is 13.4. The molecule has 2 aromatic rings. The first-order valence-corrected chi connectivity index (χ1v) is 6.92. The van der Waals surface area contributed by atoms with Gasteiger partial charge in [-0.15, -0.1) is 0 Å². The fourth-order valence-electron chi connectivity index (χ4n) is 2.20. The molecule has 21 heavy (non-hydrogen) atoms. The molecule has 2 rings (SSSR count). The van der Waals surface area contributed by atoms with E-state index in [0.29, 0.717) is 11.3 Å². The summed E-state index contributed by atoms with van der Waals surface area (Å²) in [6.07, 6.45) is 0. The van der Waals surface area contributed by atoms with Crippen molar-refractivity contribution < 1.29 is 9.18 Å². The number of nitrogens with one attached hydrogen (secondary N) is 2. The number of aryl methyl sites for hydroxylation is 2. The van der Waals surface area contributed by atoms with E-state index in [9.17, 15) is 9.18 Å². The second-order valence-corrected chi connectivity index (χ2v) is 5.05. The average Bonchev–Trinajstić information content (AvgIpc) is 2.39. The minimum Gasteiger partial charge on any atom is -0.385 e. The number of hydrogen-bond donors (Lipinski definition) is 2. The van der Waals surface area contributed by atoms with Crippen LogP contribution in [-0.2, 0) is 0 Å². The van der Waals surface area contributed by atoms with Crippen molar-refractivity contribution in [1.29, 1.82) is 0 Å². The molecule has 0 aliphatic carbocycles. The van der Waals surface area contributed by atoms with Gasteiger partial charge in [0, 0.05) is 17.9 Å². The van der Waals surface area contributed by atoms with E-state index in [1.54, 1.807) is 13.0 Å². The zero-order valence-electron chi connectivity index (χ0n) is 12.5. The largest absolute Gasteiger partial charge is 0.385 e. The standard InChI is InChI=1S/C17H19FN2O/c1-4-19-16-6-5-11(2)9-15(16)17(21)20-14-8-12(3)7-13(18)10-14/h5-10,19H,4H2,1-3H3,(H,20,21). The lowest BCUT2D eigenvalue weighted by Crippen LogP contribution is -2.15. The van der Waals surface area contributed by atoms with Gasteiger partial charge in [0.15, 0.2) is 0 Å². The van der Waals surface area contributed by atoms with Gasteiger partial charge in [0.25, 0.3) is 5.91 Å². The van der Waals surface area contributed by atoms with Crippen LogP contribution in [0.3, 0.4) is 0 Å². The molecule has 0 aliphatic rings. The van der Waals surface area contributed by atoms with Gasteiger partial charge in [0.1, 0.15) is 5.82 Å². The molecule has 3 nitrogen and oxygen atoms in total. The lowest BCUT2D eigenvalue weighted by atomic mass is 10.1. The van der Waals surface area contributed by atoms with Crippen molar-refractivity contribution >= 4 is 17.3 Å². The van der Waals surface area contributed by atoms with Gasteiger partial charge >= 0.3 is 0 Å². The number of rotatable bonds is 4. The summed E-state index contributed by atoms with van der Waals surface area (Å²) in [6, 6.07) is 10.1. The molecule has 0 aromatic heterocycles. The number of carbonyl (C=O) groups is 1. The highest BCUT2D eigenvalue weighted by molar-refractivity contribution is 6.08. The van der Waals surface area contributed by atoms with Gasteiger partial charge in [-0.25, -0.2) is 4.39 Å². The summed E-state index contributed by atoms with van der Waals surface area (Å²) < 4.78 is 13.4. The summed E-state index contributed by atoms with van der Waals surface area (Å²) in [4.78, 5) is 12.4. The molecule has 0 heterocycles. The highest BCUT2D eigenvalue weighted by Crippen LogP contribution is 2.20. The Balaban J connectivity index is 2.29. The monoisotopic (exact) mass is 286 g/mol. The maximum atomic E-state index is 13.4. The normalized spacial score (nSPS) is 10.3. The number of anilines is 2. The van der Waals surface area contributed by atoms with E-state index in [0.717, 1.165) is 23.4 Å². The van der Waals surface area contributed by atoms with Crippen LogP contribution in [0.5, 0.6) is 0 Å². The molecule has 110 valence electrons. The predicted molar refractivity (Wildman–Crippen MR) is 84.4 cm³/mol. The molecule has 0 aliphatic heterocycles. The number of hydrogen-bond acceptors (Lipinski definition) is 2. The summed E-state index contributed by atoms with van der Waals surface area (Å²) in [6.45, 7) is 6.41. The molecule has 0 fully saturated rings. The summed E-state index contributed by atoms with van der Waals surface area (Å²) in [7, 11) is 0. The topological polar surface area (TPSA) is 41.1 Å². The minimum atomic E-state index is -0.360. The zero-order chi connectivity index (χ0) is 15.4. The maximum Gasteiger partial charge on any atom is 0.257 e. The quantitative estimate of drug-likeness (QED) is 0.887. The predicted octanol–water partition coefficient (Wildman–Crippen LogP) is 4.13. The summed E-state index contributed by atoms with van der Waals surface area (Å²) >= 11 is 0. The minimum absolute atomic E-state index is 0.250. The molecule has 0 bridgehead atoms. The molecular formula is C17H19FN2O. The number of amides is 1. The Morgan fingerprint density at radius 3 is 2.52 bits per heavy atom. The summed E-state index contributed by atoms with van der Waals surface area (Å²) in [5.41, 5.74) is 3.55. The van der Waals surface area contributed by atoms with Gasteiger partial charge in [-0.3, -0.25) is 4.79 Å². The fraction of sp³-hybridized carbons (Fsp3) is 0.235. The summed E-state index contributed by atoms with van der Waals surface area (Å²) in [5.74, 6) is -0.610. The van der Waals surface area contributed by atoms with Crippen molar-refractivity contribution in [3.8, 4) is 0 Å². The van der Waals surface area contributed by atoms with Gasteiger partial charge in [0.2, 0.25) is 0 Å². The second-order valence-electron chi connectivity index (χ2n) is 5.05. The van der Waals surface area contributed by atoms with Crippen LogP contribution in [0.2, 0.25) is 0 Å². The number of carbonyl (C=O) groups excluding carboxylic acids is 1. The van der Waals surface area contributed by atoms with Crippen molar-refractivity contribution in [3.05, 3.63) is 58.9 Å². The van der Waals surface area contributed by atoms with E-state index in [4.69, 9.17) is 0 Å². The average molecular weight is 286 g/mol. The SMILES string of the molecule is CCNc1ccc(C)cc1C(=O)Nc1cc(C)cc(F)c1. The highest BCUT2D eigenvalue weighted by Gasteiger charge is 2.12. The lowest BCUT2D eigenvalue weighted by molar-refractivity contribution is 0.102.